The fraction of sp³-hybridized carbons (Fsp3) is 0.400. The molecule has 0 aliphatic carbocycles. The van der Waals surface area contributed by atoms with Gasteiger partial charge >= 0.3 is 17.5 Å². The number of hydrogen-bond donors (Lipinski definition) is 5. The summed E-state index contributed by atoms with van der Waals surface area (Å²) in [6.45, 7) is -1.20. The summed E-state index contributed by atoms with van der Waals surface area (Å²) in [6, 6.07) is 0. The van der Waals surface area contributed by atoms with E-state index >= 15 is 0 Å². The highest BCUT2D eigenvalue weighted by molar-refractivity contribution is 5.92. The number of alkyl halides is 2. The van der Waals surface area contributed by atoms with E-state index in [1.807, 2.05) is 4.98 Å². The molecule has 22 heavy (non-hydrogen) atoms. The molecule has 5 N–H and O–H groups in total. The highest BCUT2D eigenvalue weighted by Gasteiger charge is 2.51. The van der Waals surface area contributed by atoms with Gasteiger partial charge in [0.25, 0.3) is 5.56 Å². The molecule has 0 aromatic carbocycles. The lowest BCUT2D eigenvalue weighted by Gasteiger charge is -2.24. The largest absolute Gasteiger partial charge is 0.394 e. The molecule has 2 aromatic rings. The third-order valence-electron chi connectivity index (χ3n) is 2.87. The molecule has 0 amide bonds. The smallest absolute Gasteiger partial charge is 0.353 e. The van der Waals surface area contributed by atoms with Crippen LogP contribution >= 0.6 is 0 Å². The first-order valence-corrected chi connectivity index (χ1v) is 5.79. The number of rotatable bonds is 4. The summed E-state index contributed by atoms with van der Waals surface area (Å²) in [5.74, 6) is -6.55. The maximum Gasteiger partial charge on any atom is 0.353 e. The van der Waals surface area contributed by atoms with Crippen molar-refractivity contribution in [1.82, 2.24) is 19.5 Å². The summed E-state index contributed by atoms with van der Waals surface area (Å²) in [5.41, 5.74) is -3.11. The molecule has 2 heterocycles. The molecular formula is C10H10F2N4O6. The zero-order valence-corrected chi connectivity index (χ0v) is 10.7. The molecule has 0 fully saturated rings. The Bertz CT molecular complexity index is 825. The first-order valence-electron chi connectivity index (χ1n) is 5.79. The number of aromatic nitrogens is 4. The molecule has 0 unspecified atom stereocenters. The van der Waals surface area contributed by atoms with Crippen molar-refractivity contribution in [2.24, 2.45) is 0 Å². The van der Waals surface area contributed by atoms with Gasteiger partial charge in [0.15, 0.2) is 17.3 Å². The molecule has 0 aliphatic heterocycles. The van der Waals surface area contributed by atoms with Crippen LogP contribution in [-0.2, 0) is 0 Å². The van der Waals surface area contributed by atoms with Gasteiger partial charge < -0.3 is 15.3 Å². The van der Waals surface area contributed by atoms with Crippen molar-refractivity contribution in [2.45, 2.75) is 18.1 Å². The van der Waals surface area contributed by atoms with Gasteiger partial charge in [-0.2, -0.15) is 8.78 Å². The Hall–Kier alpha value is -2.44. The minimum atomic E-state index is -4.50. The van der Waals surface area contributed by atoms with Crippen LogP contribution in [0.3, 0.4) is 0 Å². The number of imidazole rings is 1. The van der Waals surface area contributed by atoms with Crippen LogP contribution in [0, 0.1) is 0 Å². The standard InChI is InChI=1S/C10H10F2N4O6/c11-10(12,5(19)3(18)1-17)8(21)16-2-13-4-6(16)14-9(22)15-7(4)20/h2-3,5,17-19H,1H2,(H2,14,15,20,22)/t3-,5-/m1/s1. The predicted molar refractivity (Wildman–Crippen MR) is 65.6 cm³/mol. The fourth-order valence-corrected chi connectivity index (χ4v) is 1.72. The zero-order chi connectivity index (χ0) is 16.7. The summed E-state index contributed by atoms with van der Waals surface area (Å²) < 4.78 is 27.9. The van der Waals surface area contributed by atoms with Gasteiger partial charge in [-0.25, -0.2) is 14.3 Å². The van der Waals surface area contributed by atoms with Gasteiger partial charge in [-0.15, -0.1) is 0 Å². The number of hydrogen-bond acceptors (Lipinski definition) is 7. The molecule has 12 heteroatoms. The third-order valence-corrected chi connectivity index (χ3v) is 2.87. The van der Waals surface area contributed by atoms with Crippen LogP contribution < -0.4 is 11.2 Å². The highest BCUT2D eigenvalue weighted by atomic mass is 19.3. The van der Waals surface area contributed by atoms with Crippen molar-refractivity contribution in [3.8, 4) is 0 Å². The molecule has 2 atom stereocenters. The van der Waals surface area contributed by atoms with Gasteiger partial charge in [-0.3, -0.25) is 19.6 Å². The fourth-order valence-electron chi connectivity index (χ4n) is 1.72. The van der Waals surface area contributed by atoms with E-state index in [0.717, 1.165) is 0 Å². The zero-order valence-electron chi connectivity index (χ0n) is 10.7. The van der Waals surface area contributed by atoms with E-state index in [4.69, 9.17) is 10.2 Å². The maximum atomic E-state index is 13.8. The SMILES string of the molecule is O=C(n1cnc2c(=O)[nH]c(=O)[nH]c21)C(F)(F)[C@H](O)[C@H](O)CO. The Morgan fingerprint density at radius 3 is 2.59 bits per heavy atom. The van der Waals surface area contributed by atoms with Gasteiger partial charge in [0.2, 0.25) is 0 Å². The Balaban J connectivity index is 2.54. The molecule has 0 bridgehead atoms. The van der Waals surface area contributed by atoms with E-state index < -0.39 is 53.1 Å². The maximum absolute atomic E-state index is 13.8. The summed E-state index contributed by atoms with van der Waals surface area (Å²) in [6.07, 6.45) is -4.60. The van der Waals surface area contributed by atoms with Crippen molar-refractivity contribution >= 4 is 17.1 Å². The Labute approximate surface area is 118 Å². The van der Waals surface area contributed by atoms with Crippen molar-refractivity contribution in [3.05, 3.63) is 27.2 Å². The quantitative estimate of drug-likeness (QED) is 0.412. The van der Waals surface area contributed by atoms with E-state index in [-0.39, 0.29) is 4.57 Å². The van der Waals surface area contributed by atoms with E-state index in [2.05, 4.69) is 4.98 Å². The molecule has 0 saturated heterocycles. The number of carbonyl (C=O) groups excluding carboxylic acids is 1. The lowest BCUT2D eigenvalue weighted by atomic mass is 10.1. The van der Waals surface area contributed by atoms with Crippen molar-refractivity contribution in [2.75, 3.05) is 6.61 Å². The van der Waals surface area contributed by atoms with E-state index in [9.17, 15) is 28.3 Å². The number of aliphatic hydroxyl groups is 3. The highest BCUT2D eigenvalue weighted by Crippen LogP contribution is 2.24. The number of halogens is 2. The number of H-pyrrole nitrogens is 2. The van der Waals surface area contributed by atoms with E-state index in [1.54, 1.807) is 4.98 Å². The molecule has 2 aromatic heterocycles. The molecule has 0 spiro atoms. The van der Waals surface area contributed by atoms with Crippen LogP contribution in [0.25, 0.3) is 11.2 Å². The van der Waals surface area contributed by atoms with Crippen LogP contribution in [0.15, 0.2) is 15.9 Å². The van der Waals surface area contributed by atoms with Crippen molar-refractivity contribution in [1.29, 1.82) is 0 Å². The van der Waals surface area contributed by atoms with Crippen molar-refractivity contribution < 1.29 is 28.9 Å². The predicted octanol–water partition coefficient (Wildman–Crippen LogP) is -2.60. The molecule has 2 rings (SSSR count). The molecule has 120 valence electrons. The summed E-state index contributed by atoms with van der Waals surface area (Å²) >= 11 is 0. The summed E-state index contributed by atoms with van der Waals surface area (Å²) in [4.78, 5) is 41.5. The van der Waals surface area contributed by atoms with Gasteiger partial charge in [0.1, 0.15) is 12.4 Å². The lowest BCUT2D eigenvalue weighted by Crippen LogP contribution is -2.51. The van der Waals surface area contributed by atoms with Crippen LogP contribution in [0.2, 0.25) is 0 Å². The Morgan fingerprint density at radius 2 is 2.00 bits per heavy atom. The van der Waals surface area contributed by atoms with Crippen LogP contribution in [0.1, 0.15) is 4.79 Å². The molecule has 0 saturated carbocycles. The molecule has 0 radical (unpaired) electrons. The molecule has 0 aliphatic rings. The Kier molecular flexibility index (Phi) is 3.91. The number of aromatic amines is 2. The summed E-state index contributed by atoms with van der Waals surface area (Å²) in [7, 11) is 0. The molecule has 10 nitrogen and oxygen atoms in total. The van der Waals surface area contributed by atoms with E-state index in [0.29, 0.717) is 6.33 Å². The van der Waals surface area contributed by atoms with Crippen LogP contribution in [0.4, 0.5) is 8.78 Å². The molecular weight excluding hydrogens is 310 g/mol. The summed E-state index contributed by atoms with van der Waals surface area (Å²) in [5, 5.41) is 26.8. The van der Waals surface area contributed by atoms with Crippen molar-refractivity contribution in [3.63, 3.8) is 0 Å². The normalized spacial score (nSPS) is 15.0. The van der Waals surface area contributed by atoms with Gasteiger partial charge in [0, 0.05) is 0 Å². The van der Waals surface area contributed by atoms with E-state index in [1.165, 1.54) is 0 Å². The minimum Gasteiger partial charge on any atom is -0.394 e. The first kappa shape index (κ1) is 15.9. The number of nitrogens with zero attached hydrogens (tertiary/aromatic N) is 2. The van der Waals surface area contributed by atoms with Crippen LogP contribution in [-0.4, -0.2) is 65.5 Å². The Morgan fingerprint density at radius 1 is 1.36 bits per heavy atom. The van der Waals surface area contributed by atoms with Crippen LogP contribution in [0.5, 0.6) is 0 Å². The minimum absolute atomic E-state index is 0.166. The second kappa shape index (κ2) is 5.40. The second-order valence-electron chi connectivity index (χ2n) is 4.34. The first-order chi connectivity index (χ1) is 10.2. The average molecular weight is 320 g/mol. The monoisotopic (exact) mass is 320 g/mol. The number of aliphatic hydroxyl groups excluding tert-OH is 3. The number of nitrogens with one attached hydrogen (secondary N) is 2. The lowest BCUT2D eigenvalue weighted by molar-refractivity contribution is -0.136. The van der Waals surface area contributed by atoms with Gasteiger partial charge in [0.05, 0.1) is 6.61 Å². The van der Waals surface area contributed by atoms with Gasteiger partial charge in [-0.05, 0) is 0 Å². The second-order valence-corrected chi connectivity index (χ2v) is 4.34. The third kappa shape index (κ3) is 2.43. The number of carbonyl (C=O) groups is 1. The van der Waals surface area contributed by atoms with Gasteiger partial charge in [-0.1, -0.05) is 0 Å². The average Bonchev–Trinajstić information content (AvgIpc) is 2.88. The topological polar surface area (TPSA) is 161 Å². The number of fused-ring (bicyclic) bond motifs is 1.